The molecule has 1 aliphatic rings. The van der Waals surface area contributed by atoms with Crippen LogP contribution in [0, 0.1) is 6.92 Å². The molecular weight excluding hydrogens is 428 g/mol. The molecule has 32 heavy (non-hydrogen) atoms. The van der Waals surface area contributed by atoms with Crippen molar-refractivity contribution in [1.29, 1.82) is 0 Å². The van der Waals surface area contributed by atoms with Crippen molar-refractivity contribution < 1.29 is 22.7 Å². The third-order valence-corrected chi connectivity index (χ3v) is 6.74. The lowest BCUT2D eigenvalue weighted by Gasteiger charge is -2.38. The minimum atomic E-state index is -3.45. The molecule has 0 bridgehead atoms. The van der Waals surface area contributed by atoms with Crippen LogP contribution in [0.3, 0.4) is 0 Å². The van der Waals surface area contributed by atoms with Crippen molar-refractivity contribution in [1.82, 2.24) is 5.32 Å². The van der Waals surface area contributed by atoms with Crippen molar-refractivity contribution in [2.24, 2.45) is 0 Å². The van der Waals surface area contributed by atoms with Gasteiger partial charge in [-0.15, -0.1) is 0 Å². The van der Waals surface area contributed by atoms with E-state index in [9.17, 15) is 13.2 Å². The molecule has 0 spiro atoms. The fourth-order valence-corrected chi connectivity index (χ4v) is 5.07. The first-order valence-electron chi connectivity index (χ1n) is 10.7. The Labute approximate surface area is 190 Å². The van der Waals surface area contributed by atoms with Crippen molar-refractivity contribution >= 4 is 21.6 Å². The summed E-state index contributed by atoms with van der Waals surface area (Å²) < 4.78 is 37.4. The van der Waals surface area contributed by atoms with E-state index in [1.165, 1.54) is 10.6 Å². The second-order valence-corrected chi connectivity index (χ2v) is 10.7. The number of ether oxygens (including phenoxy) is 2. The number of rotatable bonds is 8. The van der Waals surface area contributed by atoms with Crippen molar-refractivity contribution in [3.8, 4) is 11.5 Å². The predicted molar refractivity (Wildman–Crippen MR) is 126 cm³/mol. The van der Waals surface area contributed by atoms with Gasteiger partial charge in [0, 0.05) is 31.0 Å². The van der Waals surface area contributed by atoms with Crippen molar-refractivity contribution in [2.75, 3.05) is 24.2 Å². The number of methoxy groups -OCH3 is 1. The molecule has 3 rings (SSSR count). The molecule has 174 valence electrons. The maximum Gasteiger partial charge on any atom is 0.232 e. The SMILES string of the molecule is COc1ccc2c(c1)OC(C)(C)C[C@H]2NC(=O)CCCN(c1ccccc1C)S(C)(=O)=O. The highest BCUT2D eigenvalue weighted by Gasteiger charge is 2.34. The van der Waals surface area contributed by atoms with Crippen LogP contribution in [-0.2, 0) is 14.8 Å². The van der Waals surface area contributed by atoms with Gasteiger partial charge >= 0.3 is 0 Å². The lowest BCUT2D eigenvalue weighted by molar-refractivity contribution is -0.122. The highest BCUT2D eigenvalue weighted by molar-refractivity contribution is 7.92. The van der Waals surface area contributed by atoms with Crippen LogP contribution < -0.4 is 19.1 Å². The first kappa shape index (κ1) is 23.9. The Morgan fingerprint density at radius 3 is 2.62 bits per heavy atom. The van der Waals surface area contributed by atoms with Crippen LogP contribution in [-0.4, -0.2) is 39.8 Å². The number of amides is 1. The maximum atomic E-state index is 12.7. The third-order valence-electron chi connectivity index (χ3n) is 5.56. The predicted octanol–water partition coefficient (Wildman–Crippen LogP) is 3.97. The molecule has 2 aromatic carbocycles. The summed E-state index contributed by atoms with van der Waals surface area (Å²) in [4.78, 5) is 12.7. The van der Waals surface area contributed by atoms with E-state index in [2.05, 4.69) is 5.32 Å². The summed E-state index contributed by atoms with van der Waals surface area (Å²) in [6, 6.07) is 12.8. The lowest BCUT2D eigenvalue weighted by Crippen LogP contribution is -2.41. The fourth-order valence-electron chi connectivity index (χ4n) is 4.05. The zero-order valence-electron chi connectivity index (χ0n) is 19.3. The van der Waals surface area contributed by atoms with E-state index in [0.717, 1.165) is 11.1 Å². The Hall–Kier alpha value is -2.74. The Morgan fingerprint density at radius 2 is 1.97 bits per heavy atom. The molecule has 1 N–H and O–H groups in total. The molecule has 0 aromatic heterocycles. The Kier molecular flexibility index (Phi) is 7.03. The van der Waals surface area contributed by atoms with Crippen LogP contribution >= 0.6 is 0 Å². The molecule has 1 amide bonds. The summed E-state index contributed by atoms with van der Waals surface area (Å²) in [5, 5.41) is 3.10. The summed E-state index contributed by atoms with van der Waals surface area (Å²) in [5.41, 5.74) is 1.99. The summed E-state index contributed by atoms with van der Waals surface area (Å²) in [6.07, 6.45) is 2.46. The average Bonchev–Trinajstić information content (AvgIpc) is 2.69. The van der Waals surface area contributed by atoms with E-state index in [1.807, 2.05) is 57.2 Å². The first-order chi connectivity index (χ1) is 15.0. The molecule has 0 saturated heterocycles. The zero-order valence-corrected chi connectivity index (χ0v) is 20.2. The van der Waals surface area contributed by atoms with Crippen LogP contribution in [0.2, 0.25) is 0 Å². The van der Waals surface area contributed by atoms with Gasteiger partial charge in [-0.3, -0.25) is 9.10 Å². The van der Waals surface area contributed by atoms with Gasteiger partial charge in [0.25, 0.3) is 0 Å². The molecule has 0 radical (unpaired) electrons. The summed E-state index contributed by atoms with van der Waals surface area (Å²) >= 11 is 0. The summed E-state index contributed by atoms with van der Waals surface area (Å²) in [6.45, 7) is 6.09. The average molecular weight is 461 g/mol. The van der Waals surface area contributed by atoms with E-state index in [0.29, 0.717) is 30.0 Å². The smallest absolute Gasteiger partial charge is 0.232 e. The van der Waals surface area contributed by atoms with Gasteiger partial charge in [-0.25, -0.2) is 8.42 Å². The molecule has 8 heteroatoms. The minimum Gasteiger partial charge on any atom is -0.497 e. The lowest BCUT2D eigenvalue weighted by atomic mass is 9.89. The topological polar surface area (TPSA) is 84.9 Å². The number of nitrogens with one attached hydrogen (secondary N) is 1. The van der Waals surface area contributed by atoms with E-state index < -0.39 is 15.6 Å². The van der Waals surface area contributed by atoms with E-state index in [-0.39, 0.29) is 24.9 Å². The van der Waals surface area contributed by atoms with Crippen LogP contribution in [0.5, 0.6) is 11.5 Å². The highest BCUT2D eigenvalue weighted by Crippen LogP contribution is 2.41. The van der Waals surface area contributed by atoms with Gasteiger partial charge in [0.2, 0.25) is 15.9 Å². The number of benzene rings is 2. The van der Waals surface area contributed by atoms with Crippen molar-refractivity contribution in [3.05, 3.63) is 53.6 Å². The molecule has 1 heterocycles. The number of nitrogens with zero attached hydrogens (tertiary/aromatic N) is 1. The number of hydrogen-bond acceptors (Lipinski definition) is 5. The van der Waals surface area contributed by atoms with Gasteiger partial charge < -0.3 is 14.8 Å². The highest BCUT2D eigenvalue weighted by atomic mass is 32.2. The van der Waals surface area contributed by atoms with Crippen LogP contribution in [0.15, 0.2) is 42.5 Å². The second-order valence-electron chi connectivity index (χ2n) is 8.81. The third kappa shape index (κ3) is 5.73. The number of sulfonamides is 1. The molecule has 7 nitrogen and oxygen atoms in total. The summed E-state index contributed by atoms with van der Waals surface area (Å²) in [7, 11) is -1.85. The standard InChI is InChI=1S/C24H32N2O5S/c1-17-9-6-7-10-21(17)26(32(5,28)29)14-8-11-23(27)25-20-16-24(2,3)31-22-15-18(30-4)12-13-19(20)22/h6-7,9-10,12-13,15,20H,8,11,14,16H2,1-5H3,(H,25,27)/t20-/m1/s1. The molecule has 1 atom stereocenters. The number of para-hydroxylation sites is 1. The molecular formula is C24H32N2O5S. The number of carbonyl (C=O) groups is 1. The van der Waals surface area contributed by atoms with Crippen LogP contribution in [0.25, 0.3) is 0 Å². The van der Waals surface area contributed by atoms with Gasteiger partial charge in [0.1, 0.15) is 17.1 Å². The Morgan fingerprint density at radius 1 is 1.25 bits per heavy atom. The van der Waals surface area contributed by atoms with Crippen molar-refractivity contribution in [3.63, 3.8) is 0 Å². The second kappa shape index (κ2) is 9.40. The molecule has 2 aromatic rings. The van der Waals surface area contributed by atoms with Crippen LogP contribution in [0.1, 0.15) is 50.3 Å². The summed E-state index contributed by atoms with van der Waals surface area (Å²) in [5.74, 6) is 1.28. The number of anilines is 1. The van der Waals surface area contributed by atoms with Gasteiger partial charge in [-0.2, -0.15) is 0 Å². The molecule has 0 unspecified atom stereocenters. The normalized spacial score (nSPS) is 17.1. The van der Waals surface area contributed by atoms with E-state index in [4.69, 9.17) is 9.47 Å². The molecule has 0 saturated carbocycles. The maximum absolute atomic E-state index is 12.7. The quantitative estimate of drug-likeness (QED) is 0.644. The van der Waals surface area contributed by atoms with E-state index in [1.54, 1.807) is 13.2 Å². The number of fused-ring (bicyclic) bond motifs is 1. The zero-order chi connectivity index (χ0) is 23.5. The molecule has 0 aliphatic carbocycles. The van der Waals surface area contributed by atoms with Gasteiger partial charge in [0.15, 0.2) is 0 Å². The minimum absolute atomic E-state index is 0.118. The van der Waals surface area contributed by atoms with Crippen LogP contribution in [0.4, 0.5) is 5.69 Å². The Bertz CT molecular complexity index is 1080. The van der Waals surface area contributed by atoms with Crippen molar-refractivity contribution in [2.45, 2.75) is 51.7 Å². The number of aryl methyl sites for hydroxylation is 1. The molecule has 0 fully saturated rings. The largest absolute Gasteiger partial charge is 0.497 e. The van der Waals surface area contributed by atoms with Gasteiger partial charge in [-0.05, 0) is 51.0 Å². The first-order valence-corrected chi connectivity index (χ1v) is 12.5. The number of carbonyl (C=O) groups excluding carboxylic acids is 1. The monoisotopic (exact) mass is 460 g/mol. The Balaban J connectivity index is 1.66. The number of hydrogen-bond donors (Lipinski definition) is 1. The van der Waals surface area contributed by atoms with E-state index >= 15 is 0 Å². The fraction of sp³-hybridized carbons (Fsp3) is 0.458. The van der Waals surface area contributed by atoms with Gasteiger partial charge in [0.05, 0.1) is 25.1 Å². The molecule has 1 aliphatic heterocycles. The van der Waals surface area contributed by atoms with Gasteiger partial charge in [-0.1, -0.05) is 18.2 Å².